The average Bonchev–Trinajstić information content (AvgIpc) is 3.16. The SMILES string of the molecule is CCc1ccc([C@@H]2C(C(=O)Nc3cccc(Cl)c3)=C(C)Nc3nc4ccccc4n32)cc1. The zero-order valence-electron chi connectivity index (χ0n) is 17.9. The summed E-state index contributed by atoms with van der Waals surface area (Å²) in [6.07, 6.45) is 0.961. The van der Waals surface area contributed by atoms with Gasteiger partial charge in [-0.25, -0.2) is 4.98 Å². The third-order valence-corrected chi connectivity index (χ3v) is 6.10. The van der Waals surface area contributed by atoms with Crippen molar-refractivity contribution >= 4 is 40.2 Å². The first-order valence-corrected chi connectivity index (χ1v) is 11.0. The standard InChI is InChI=1S/C26H23ClN4O/c1-3-17-11-13-18(14-12-17)24-23(25(32)29-20-8-6-7-19(27)15-20)16(2)28-26-30-21-9-4-5-10-22(21)31(24)26/h4-15,24H,3H2,1-2H3,(H,28,30)(H,29,32)/t24-/m1/s1. The largest absolute Gasteiger partial charge is 0.329 e. The van der Waals surface area contributed by atoms with Crippen LogP contribution in [-0.2, 0) is 11.2 Å². The van der Waals surface area contributed by atoms with Crippen LogP contribution >= 0.6 is 11.6 Å². The van der Waals surface area contributed by atoms with E-state index in [-0.39, 0.29) is 11.9 Å². The molecule has 5 nitrogen and oxygen atoms in total. The second kappa shape index (κ2) is 8.17. The number of carbonyl (C=O) groups excluding carboxylic acids is 1. The molecule has 0 unspecified atom stereocenters. The van der Waals surface area contributed by atoms with Crippen molar-refractivity contribution in [2.75, 3.05) is 10.6 Å². The topological polar surface area (TPSA) is 59.0 Å². The number of nitrogens with one attached hydrogen (secondary N) is 2. The number of fused-ring (bicyclic) bond motifs is 3. The number of rotatable bonds is 4. The summed E-state index contributed by atoms with van der Waals surface area (Å²) in [5.74, 6) is 0.554. The Balaban J connectivity index is 1.65. The lowest BCUT2D eigenvalue weighted by atomic mass is 9.93. The lowest BCUT2D eigenvalue weighted by Gasteiger charge is -2.31. The zero-order valence-corrected chi connectivity index (χ0v) is 18.6. The number of para-hydroxylation sites is 2. The van der Waals surface area contributed by atoms with E-state index in [1.165, 1.54) is 5.56 Å². The van der Waals surface area contributed by atoms with Crippen molar-refractivity contribution in [1.29, 1.82) is 0 Å². The highest BCUT2D eigenvalue weighted by atomic mass is 35.5. The van der Waals surface area contributed by atoms with Crippen LogP contribution in [-0.4, -0.2) is 15.5 Å². The number of hydrogen-bond acceptors (Lipinski definition) is 3. The second-order valence-corrected chi connectivity index (χ2v) is 8.36. The number of allylic oxidation sites excluding steroid dienone is 1. The predicted molar refractivity (Wildman–Crippen MR) is 130 cm³/mol. The summed E-state index contributed by atoms with van der Waals surface area (Å²) >= 11 is 6.13. The number of aryl methyl sites for hydroxylation is 1. The van der Waals surface area contributed by atoms with Gasteiger partial charge < -0.3 is 10.6 Å². The molecule has 2 N–H and O–H groups in total. The summed E-state index contributed by atoms with van der Waals surface area (Å²) < 4.78 is 2.11. The molecule has 160 valence electrons. The first-order chi connectivity index (χ1) is 15.5. The molecule has 4 aromatic rings. The maximum atomic E-state index is 13.6. The Labute approximate surface area is 191 Å². The monoisotopic (exact) mass is 442 g/mol. The van der Waals surface area contributed by atoms with E-state index in [1.807, 2.05) is 43.3 Å². The lowest BCUT2D eigenvalue weighted by Crippen LogP contribution is -2.30. The smallest absolute Gasteiger partial charge is 0.255 e. The van der Waals surface area contributed by atoms with Gasteiger partial charge in [-0.05, 0) is 54.8 Å². The molecular weight excluding hydrogens is 420 g/mol. The number of benzene rings is 3. The highest BCUT2D eigenvalue weighted by molar-refractivity contribution is 6.31. The third kappa shape index (κ3) is 3.55. The van der Waals surface area contributed by atoms with Crippen LogP contribution in [0.4, 0.5) is 11.6 Å². The molecular formula is C26H23ClN4O. The normalized spacial score (nSPS) is 15.4. The van der Waals surface area contributed by atoms with E-state index in [9.17, 15) is 4.79 Å². The molecule has 0 aliphatic carbocycles. The highest BCUT2D eigenvalue weighted by Crippen LogP contribution is 2.39. The number of imidazole rings is 1. The molecule has 32 heavy (non-hydrogen) atoms. The van der Waals surface area contributed by atoms with Crippen molar-refractivity contribution in [1.82, 2.24) is 9.55 Å². The van der Waals surface area contributed by atoms with Gasteiger partial charge >= 0.3 is 0 Å². The Morgan fingerprint density at radius 2 is 1.88 bits per heavy atom. The molecule has 1 aliphatic rings. The maximum absolute atomic E-state index is 13.6. The molecule has 5 rings (SSSR count). The molecule has 0 saturated carbocycles. The summed E-state index contributed by atoms with van der Waals surface area (Å²) in [4.78, 5) is 18.3. The fourth-order valence-electron chi connectivity index (χ4n) is 4.27. The van der Waals surface area contributed by atoms with Gasteiger partial charge in [0.1, 0.15) is 0 Å². The van der Waals surface area contributed by atoms with Crippen LogP contribution in [0.5, 0.6) is 0 Å². The van der Waals surface area contributed by atoms with Gasteiger partial charge in [0.25, 0.3) is 5.91 Å². The van der Waals surface area contributed by atoms with Crippen LogP contribution in [0, 0.1) is 0 Å². The molecule has 1 aromatic heterocycles. The number of hydrogen-bond donors (Lipinski definition) is 2. The molecule has 0 fully saturated rings. The Morgan fingerprint density at radius 3 is 2.62 bits per heavy atom. The van der Waals surface area contributed by atoms with Crippen LogP contribution in [0.25, 0.3) is 11.0 Å². The van der Waals surface area contributed by atoms with E-state index < -0.39 is 0 Å². The molecule has 0 radical (unpaired) electrons. The number of amides is 1. The van der Waals surface area contributed by atoms with Gasteiger partial charge in [-0.1, -0.05) is 61.0 Å². The molecule has 0 spiro atoms. The number of anilines is 2. The Hall–Kier alpha value is -3.57. The molecule has 6 heteroatoms. The fraction of sp³-hybridized carbons (Fsp3) is 0.154. The van der Waals surface area contributed by atoms with Crippen molar-refractivity contribution in [3.63, 3.8) is 0 Å². The summed E-state index contributed by atoms with van der Waals surface area (Å²) in [6, 6.07) is 23.3. The summed E-state index contributed by atoms with van der Waals surface area (Å²) in [5, 5.41) is 6.94. The van der Waals surface area contributed by atoms with E-state index >= 15 is 0 Å². The summed E-state index contributed by atoms with van der Waals surface area (Å²) in [6.45, 7) is 4.05. The minimum Gasteiger partial charge on any atom is -0.329 e. The third-order valence-electron chi connectivity index (χ3n) is 5.86. The quantitative estimate of drug-likeness (QED) is 0.396. The molecule has 1 amide bonds. The van der Waals surface area contributed by atoms with Crippen molar-refractivity contribution in [2.24, 2.45) is 0 Å². The summed E-state index contributed by atoms with van der Waals surface area (Å²) in [7, 11) is 0. The van der Waals surface area contributed by atoms with Gasteiger partial charge in [-0.15, -0.1) is 0 Å². The van der Waals surface area contributed by atoms with Crippen molar-refractivity contribution in [3.05, 3.63) is 100 Å². The summed E-state index contributed by atoms with van der Waals surface area (Å²) in [5.41, 5.74) is 6.22. The molecule has 1 atom stereocenters. The predicted octanol–water partition coefficient (Wildman–Crippen LogP) is 6.18. The molecule has 1 aliphatic heterocycles. The lowest BCUT2D eigenvalue weighted by molar-refractivity contribution is -0.113. The van der Waals surface area contributed by atoms with Crippen molar-refractivity contribution < 1.29 is 4.79 Å². The Bertz CT molecular complexity index is 1350. The highest BCUT2D eigenvalue weighted by Gasteiger charge is 2.34. The molecule has 3 aromatic carbocycles. The first kappa shape index (κ1) is 20.3. The minimum atomic E-state index is -0.316. The minimum absolute atomic E-state index is 0.176. The van der Waals surface area contributed by atoms with Crippen LogP contribution < -0.4 is 10.6 Å². The van der Waals surface area contributed by atoms with Crippen molar-refractivity contribution in [2.45, 2.75) is 26.3 Å². The maximum Gasteiger partial charge on any atom is 0.255 e. The number of nitrogens with zero attached hydrogens (tertiary/aromatic N) is 2. The zero-order chi connectivity index (χ0) is 22.2. The fourth-order valence-corrected chi connectivity index (χ4v) is 4.46. The van der Waals surface area contributed by atoms with Gasteiger partial charge in [0.15, 0.2) is 0 Å². The van der Waals surface area contributed by atoms with Crippen LogP contribution in [0.15, 0.2) is 84.1 Å². The second-order valence-electron chi connectivity index (χ2n) is 7.92. The first-order valence-electron chi connectivity index (χ1n) is 10.7. The van der Waals surface area contributed by atoms with Gasteiger partial charge in [-0.3, -0.25) is 9.36 Å². The Kier molecular flexibility index (Phi) is 5.19. The van der Waals surface area contributed by atoms with E-state index in [4.69, 9.17) is 16.6 Å². The van der Waals surface area contributed by atoms with Crippen molar-refractivity contribution in [3.8, 4) is 0 Å². The molecule has 0 saturated heterocycles. The average molecular weight is 443 g/mol. The molecule has 2 heterocycles. The van der Waals surface area contributed by atoms with Gasteiger partial charge in [-0.2, -0.15) is 0 Å². The van der Waals surface area contributed by atoms with E-state index in [0.29, 0.717) is 16.3 Å². The Morgan fingerprint density at radius 1 is 1.09 bits per heavy atom. The van der Waals surface area contributed by atoms with Gasteiger partial charge in [0.05, 0.1) is 22.6 Å². The number of halogens is 1. The van der Waals surface area contributed by atoms with Crippen LogP contribution in [0.3, 0.4) is 0 Å². The molecule has 0 bridgehead atoms. The number of aromatic nitrogens is 2. The van der Waals surface area contributed by atoms with E-state index in [2.05, 4.69) is 46.4 Å². The van der Waals surface area contributed by atoms with Crippen LogP contribution in [0.1, 0.15) is 31.0 Å². The number of carbonyl (C=O) groups is 1. The van der Waals surface area contributed by atoms with Gasteiger partial charge in [0, 0.05) is 16.4 Å². The van der Waals surface area contributed by atoms with E-state index in [1.54, 1.807) is 12.1 Å². The van der Waals surface area contributed by atoms with E-state index in [0.717, 1.165) is 34.7 Å². The van der Waals surface area contributed by atoms with Crippen LogP contribution in [0.2, 0.25) is 5.02 Å². The van der Waals surface area contributed by atoms with Gasteiger partial charge in [0.2, 0.25) is 5.95 Å².